The van der Waals surface area contributed by atoms with Gasteiger partial charge in [-0.1, -0.05) is 5.57 Å². The van der Waals surface area contributed by atoms with E-state index in [2.05, 4.69) is 214 Å². The topological polar surface area (TPSA) is 27.7 Å². The van der Waals surface area contributed by atoms with Gasteiger partial charge >= 0.3 is 0 Å². The molecule has 3 aromatic heterocycles. The first-order valence-electron chi connectivity index (χ1n) is 28.6. The zero-order valence-corrected chi connectivity index (χ0v) is 52.9. The number of fused-ring (bicyclic) bond motifs is 4. The lowest BCUT2D eigenvalue weighted by molar-refractivity contribution is 0.917. The van der Waals surface area contributed by atoms with Gasteiger partial charge in [0.2, 0.25) is 0 Å². The molecule has 1 unspecified atom stereocenters. The molecule has 4 nitrogen and oxygen atoms in total. The van der Waals surface area contributed by atoms with E-state index in [0.717, 1.165) is 11.3 Å². The lowest BCUT2D eigenvalue weighted by atomic mass is 9.74. The Labute approximate surface area is 462 Å². The summed E-state index contributed by atoms with van der Waals surface area (Å²) in [5, 5.41) is 2.78. The number of allylic oxidation sites excluding steroid dienone is 2. The lowest BCUT2D eigenvalue weighted by Gasteiger charge is -2.33. The van der Waals surface area contributed by atoms with Crippen molar-refractivity contribution < 1.29 is 0 Å². The molecule has 0 bridgehead atoms. The van der Waals surface area contributed by atoms with Gasteiger partial charge in [-0.05, 0) is 362 Å². The number of rotatable bonds is 5. The van der Waals surface area contributed by atoms with Gasteiger partial charge in [-0.15, -0.1) is 0 Å². The number of nitrogens with zero attached hydrogens (tertiary/aromatic N) is 4. The Balaban J connectivity index is 1.55. The number of imidazole rings is 1. The van der Waals surface area contributed by atoms with Crippen LogP contribution in [0.5, 0.6) is 0 Å². The second-order valence-electron chi connectivity index (χ2n) is 24.7. The quantitative estimate of drug-likeness (QED) is 0.169. The van der Waals surface area contributed by atoms with Crippen molar-refractivity contribution in [1.82, 2.24) is 18.7 Å². The third-order valence-electron chi connectivity index (χ3n) is 21.9. The van der Waals surface area contributed by atoms with Gasteiger partial charge in [0.15, 0.2) is 0 Å². The minimum Gasteiger partial charge on any atom is -0.313 e. The van der Waals surface area contributed by atoms with Gasteiger partial charge in [-0.3, -0.25) is 4.57 Å². The fraction of sp³-hybridized carbons (Fsp3) is 0.411. The first-order valence-corrected chi connectivity index (χ1v) is 28.6. The molecule has 77 heavy (non-hydrogen) atoms. The normalized spacial score (nSPS) is 13.9. The Morgan fingerprint density at radius 3 is 1.12 bits per heavy atom. The molecule has 3 heterocycles. The van der Waals surface area contributed by atoms with Crippen molar-refractivity contribution in [2.45, 2.75) is 207 Å². The van der Waals surface area contributed by atoms with Crippen LogP contribution in [0.4, 0.5) is 0 Å². The van der Waals surface area contributed by atoms with Crippen LogP contribution < -0.4 is 0 Å². The van der Waals surface area contributed by atoms with Gasteiger partial charge in [-0.25, -0.2) is 4.98 Å². The molecule has 1 atom stereocenters. The monoisotopic (exact) mass is 1020 g/mol. The van der Waals surface area contributed by atoms with Crippen LogP contribution in [0.3, 0.4) is 0 Å². The number of hydrogen-bond acceptors (Lipinski definition) is 1. The minimum absolute atomic E-state index is 0.0457. The molecule has 0 aliphatic heterocycles. The van der Waals surface area contributed by atoms with E-state index < -0.39 is 0 Å². The van der Waals surface area contributed by atoms with E-state index in [1.54, 1.807) is 0 Å². The zero-order valence-electron chi connectivity index (χ0n) is 52.9. The van der Waals surface area contributed by atoms with Crippen LogP contribution in [-0.2, 0) is 0 Å². The molecule has 10 rings (SSSR count). The van der Waals surface area contributed by atoms with Gasteiger partial charge in [0, 0.05) is 33.6 Å². The molecule has 6 aromatic carbocycles. The van der Waals surface area contributed by atoms with E-state index >= 15 is 0 Å². The highest BCUT2D eigenvalue weighted by molar-refractivity contribution is 6.01. The average molecular weight is 1020 g/mol. The molecule has 0 spiro atoms. The number of hydrogen-bond donors (Lipinski definition) is 0. The van der Waals surface area contributed by atoms with E-state index in [1.165, 1.54) is 228 Å². The molecular formula is C73H88N4. The van der Waals surface area contributed by atoms with E-state index in [1.807, 2.05) is 0 Å². The van der Waals surface area contributed by atoms with Crippen LogP contribution in [0.1, 0.15) is 187 Å². The average Bonchev–Trinajstić information content (AvgIpc) is 4.22. The Kier molecular flexibility index (Phi) is 12.5. The molecule has 0 saturated heterocycles. The Morgan fingerprint density at radius 1 is 0.260 bits per heavy atom. The van der Waals surface area contributed by atoms with Crippen LogP contribution in [0, 0.1) is 187 Å². The van der Waals surface area contributed by atoms with Crippen molar-refractivity contribution in [2.24, 2.45) is 0 Å². The van der Waals surface area contributed by atoms with Crippen LogP contribution >= 0.6 is 0 Å². The summed E-state index contributed by atoms with van der Waals surface area (Å²) < 4.78 is 7.99. The van der Waals surface area contributed by atoms with Gasteiger partial charge in [0.1, 0.15) is 5.82 Å². The maximum absolute atomic E-state index is 5.52. The van der Waals surface area contributed by atoms with Crippen molar-refractivity contribution in [2.75, 3.05) is 0 Å². The van der Waals surface area contributed by atoms with Gasteiger partial charge < -0.3 is 9.13 Å². The molecule has 400 valence electrons. The van der Waals surface area contributed by atoms with Gasteiger partial charge in [0.05, 0.1) is 39.1 Å². The molecule has 1 aliphatic carbocycles. The van der Waals surface area contributed by atoms with Crippen molar-refractivity contribution in [3.63, 3.8) is 0 Å². The minimum atomic E-state index is 0.0457. The largest absolute Gasteiger partial charge is 0.313 e. The van der Waals surface area contributed by atoms with Crippen molar-refractivity contribution in [3.05, 3.63) is 173 Å². The highest BCUT2D eigenvalue weighted by Gasteiger charge is 2.39. The number of aryl methyl sites for hydroxylation is 9. The van der Waals surface area contributed by atoms with Crippen LogP contribution in [-0.4, -0.2) is 18.7 Å². The SMILES string of the molecule is CC1=C(C)C(c2c(C)c(C)c(-n3c(C)c(C)c4c(C)c(C)c(C)c(C)c43)c(C)c2-c2c(C)c(-n3c(C)nc4c(C)c(C)c(C)c(C)c43)c(C)c(C)c2-n2c(C)c(C)c3c(C)c(C)c(C)c(C)c32)c2c(C)c(C)c(C)c(C)c21. The molecule has 0 radical (unpaired) electrons. The molecule has 0 fully saturated rings. The summed E-state index contributed by atoms with van der Waals surface area (Å²) in [6, 6.07) is 0. The summed E-state index contributed by atoms with van der Waals surface area (Å²) in [4.78, 5) is 5.52. The van der Waals surface area contributed by atoms with E-state index in [9.17, 15) is 0 Å². The number of benzene rings is 6. The maximum atomic E-state index is 5.52. The molecule has 0 saturated carbocycles. The first-order chi connectivity index (χ1) is 35.9. The van der Waals surface area contributed by atoms with Gasteiger partial charge in [-0.2, -0.15) is 0 Å². The number of aromatic nitrogens is 4. The van der Waals surface area contributed by atoms with Crippen molar-refractivity contribution in [3.8, 4) is 28.2 Å². The Bertz CT molecular complexity index is 4270. The smallest absolute Gasteiger partial charge is 0.111 e. The lowest BCUT2D eigenvalue weighted by Crippen LogP contribution is -2.17. The summed E-state index contributed by atoms with van der Waals surface area (Å²) in [6.45, 7) is 68.7. The Morgan fingerprint density at radius 2 is 0.610 bits per heavy atom. The predicted octanol–water partition coefficient (Wildman–Crippen LogP) is 19.8. The third kappa shape index (κ3) is 6.72. The molecule has 9 aromatic rings. The highest BCUT2D eigenvalue weighted by Crippen LogP contribution is 2.57. The molecule has 0 amide bonds. The van der Waals surface area contributed by atoms with Crippen LogP contribution in [0.15, 0.2) is 5.57 Å². The fourth-order valence-electron chi connectivity index (χ4n) is 15.4. The first kappa shape index (κ1) is 54.0. The highest BCUT2D eigenvalue weighted by atomic mass is 15.1. The molecule has 4 heteroatoms. The van der Waals surface area contributed by atoms with E-state index in [-0.39, 0.29) is 5.92 Å². The van der Waals surface area contributed by atoms with Crippen molar-refractivity contribution >= 4 is 38.4 Å². The third-order valence-corrected chi connectivity index (χ3v) is 21.9. The van der Waals surface area contributed by atoms with E-state index in [4.69, 9.17) is 4.98 Å². The summed E-state index contributed by atoms with van der Waals surface area (Å²) >= 11 is 0. The molecule has 0 N–H and O–H groups in total. The van der Waals surface area contributed by atoms with Gasteiger partial charge in [0.25, 0.3) is 0 Å². The summed E-state index contributed by atoms with van der Waals surface area (Å²) in [5.74, 6) is 1.07. The standard InChI is InChI=1S/C73H88N4/c1-30-31(2)41(12)62-59(38(30)9)42(13)43(14)63(62)64-44(15)49(20)68(75-56(27)52(23)60-39(10)32(3)35(6)46(17)70(60)75)54(25)65(64)66-55(26)69(77-58(29)74-67-45(16)34(5)37(8)48(19)73(67)77)50(21)51(22)72(66)76-57(28)53(24)61-40(11)33(4)36(7)47(18)71(61)76/h63H,1-29H3. The Hall–Kier alpha value is -6.39. The second kappa shape index (κ2) is 17.8. The fourth-order valence-corrected chi connectivity index (χ4v) is 15.4. The molecular weight excluding hydrogens is 933 g/mol. The van der Waals surface area contributed by atoms with Crippen molar-refractivity contribution in [1.29, 1.82) is 0 Å². The maximum Gasteiger partial charge on any atom is 0.111 e. The summed E-state index contributed by atoms with van der Waals surface area (Å²) in [6.07, 6.45) is 0. The second-order valence-corrected chi connectivity index (χ2v) is 24.7. The van der Waals surface area contributed by atoms with Crippen LogP contribution in [0.25, 0.3) is 66.6 Å². The zero-order chi connectivity index (χ0) is 56.8. The summed E-state index contributed by atoms with van der Waals surface area (Å²) in [5.41, 5.74) is 53.9. The van der Waals surface area contributed by atoms with E-state index in [0.29, 0.717) is 0 Å². The summed E-state index contributed by atoms with van der Waals surface area (Å²) in [7, 11) is 0. The molecule has 1 aliphatic rings. The van der Waals surface area contributed by atoms with Crippen LogP contribution in [0.2, 0.25) is 0 Å². The predicted molar refractivity (Wildman–Crippen MR) is 335 cm³/mol.